The fraction of sp³-hybridized carbons (Fsp3) is 0.533. The van der Waals surface area contributed by atoms with Crippen molar-refractivity contribution in [1.82, 2.24) is 10.2 Å². The number of ether oxygens (including phenoxy) is 1. The third kappa shape index (κ3) is 3.15. The first-order valence-corrected chi connectivity index (χ1v) is 7.60. The predicted octanol–water partition coefficient (Wildman–Crippen LogP) is 2.67. The highest BCUT2D eigenvalue weighted by atomic mass is 79.9. The summed E-state index contributed by atoms with van der Waals surface area (Å²) in [4.78, 5) is 14.4. The molecule has 1 aliphatic rings. The molecule has 1 N–H and O–H groups in total. The number of nitrogens with one attached hydrogen (secondary N) is 1. The molecule has 0 unspecified atom stereocenters. The number of benzene rings is 1. The molecule has 0 atom stereocenters. The van der Waals surface area contributed by atoms with Crippen LogP contribution in [0.2, 0.25) is 0 Å². The van der Waals surface area contributed by atoms with E-state index < -0.39 is 0 Å². The lowest BCUT2D eigenvalue weighted by Crippen LogP contribution is -2.51. The Morgan fingerprint density at radius 1 is 1.40 bits per heavy atom. The number of nitrogens with zero attached hydrogens (tertiary/aromatic N) is 1. The van der Waals surface area contributed by atoms with Crippen LogP contribution < -0.4 is 10.1 Å². The molecule has 110 valence electrons. The van der Waals surface area contributed by atoms with Gasteiger partial charge in [0, 0.05) is 24.2 Å². The molecule has 1 heterocycles. The first kappa shape index (κ1) is 15.3. The van der Waals surface area contributed by atoms with Gasteiger partial charge in [0.25, 0.3) is 5.91 Å². The van der Waals surface area contributed by atoms with Gasteiger partial charge in [0.15, 0.2) is 0 Å². The average molecular weight is 341 g/mol. The second-order valence-corrected chi connectivity index (χ2v) is 6.31. The first-order chi connectivity index (χ1) is 9.49. The summed E-state index contributed by atoms with van der Waals surface area (Å²) in [5.41, 5.74) is 0.850. The van der Waals surface area contributed by atoms with Crippen molar-refractivity contribution in [2.45, 2.75) is 25.3 Å². The van der Waals surface area contributed by atoms with Crippen LogP contribution in [-0.2, 0) is 0 Å². The minimum absolute atomic E-state index is 0.0894. The monoisotopic (exact) mass is 340 g/mol. The van der Waals surface area contributed by atoms with E-state index in [-0.39, 0.29) is 11.4 Å². The number of amides is 1. The quantitative estimate of drug-likeness (QED) is 0.919. The summed E-state index contributed by atoms with van der Waals surface area (Å²) in [6, 6.07) is 5.46. The van der Waals surface area contributed by atoms with E-state index in [4.69, 9.17) is 4.74 Å². The molecule has 2 rings (SSSR count). The van der Waals surface area contributed by atoms with Crippen LogP contribution in [-0.4, -0.2) is 43.6 Å². The molecule has 0 aliphatic carbocycles. The number of hydrogen-bond acceptors (Lipinski definition) is 3. The van der Waals surface area contributed by atoms with Gasteiger partial charge in [0.1, 0.15) is 5.75 Å². The number of hydrogen-bond donors (Lipinski definition) is 1. The normalized spacial score (nSPS) is 17.9. The largest absolute Gasteiger partial charge is 0.496 e. The Hall–Kier alpha value is -1.07. The summed E-state index contributed by atoms with van der Waals surface area (Å²) < 4.78 is 6.00. The van der Waals surface area contributed by atoms with Gasteiger partial charge < -0.3 is 15.0 Å². The summed E-state index contributed by atoms with van der Waals surface area (Å²) in [7, 11) is 3.60. The molecule has 1 aromatic carbocycles. The van der Waals surface area contributed by atoms with Gasteiger partial charge in [0.05, 0.1) is 11.6 Å². The van der Waals surface area contributed by atoms with Gasteiger partial charge in [-0.2, -0.15) is 0 Å². The van der Waals surface area contributed by atoms with Gasteiger partial charge in [-0.3, -0.25) is 4.79 Å². The van der Waals surface area contributed by atoms with Crippen molar-refractivity contribution < 1.29 is 9.53 Å². The van der Waals surface area contributed by atoms with Crippen molar-refractivity contribution in [3.8, 4) is 5.75 Å². The zero-order valence-corrected chi connectivity index (χ0v) is 13.8. The number of piperidine rings is 1. The van der Waals surface area contributed by atoms with Crippen molar-refractivity contribution in [3.63, 3.8) is 0 Å². The lowest BCUT2D eigenvalue weighted by atomic mass is 9.89. The highest BCUT2D eigenvalue weighted by Gasteiger charge is 2.30. The molecular weight excluding hydrogens is 320 g/mol. The van der Waals surface area contributed by atoms with Gasteiger partial charge in [-0.25, -0.2) is 0 Å². The Labute approximate surface area is 128 Å². The molecular formula is C15H21BrN2O2. The summed E-state index contributed by atoms with van der Waals surface area (Å²) in [6.07, 6.45) is 1.96. The molecule has 1 saturated heterocycles. The second-order valence-electron chi connectivity index (χ2n) is 5.45. The molecule has 0 aromatic heterocycles. The third-order valence-corrected chi connectivity index (χ3v) is 4.78. The van der Waals surface area contributed by atoms with E-state index in [1.807, 2.05) is 30.1 Å². The van der Waals surface area contributed by atoms with Crippen LogP contribution in [0.3, 0.4) is 0 Å². The number of carbonyl (C=O) groups is 1. The maximum atomic E-state index is 12.5. The fourth-order valence-corrected chi connectivity index (χ4v) is 2.98. The van der Waals surface area contributed by atoms with Gasteiger partial charge in [-0.1, -0.05) is 0 Å². The van der Waals surface area contributed by atoms with Crippen LogP contribution in [0.1, 0.15) is 30.1 Å². The number of rotatable bonds is 3. The fourth-order valence-electron chi connectivity index (χ4n) is 2.44. The Balaban J connectivity index is 2.07. The van der Waals surface area contributed by atoms with Crippen LogP contribution in [0, 0.1) is 0 Å². The highest BCUT2D eigenvalue weighted by molar-refractivity contribution is 9.10. The lowest BCUT2D eigenvalue weighted by molar-refractivity contribution is 0.0661. The summed E-state index contributed by atoms with van der Waals surface area (Å²) >= 11 is 3.42. The molecule has 0 saturated carbocycles. The maximum absolute atomic E-state index is 12.5. The zero-order chi connectivity index (χ0) is 14.8. The third-order valence-electron chi connectivity index (χ3n) is 4.16. The van der Waals surface area contributed by atoms with Crippen molar-refractivity contribution in [2.75, 3.05) is 27.2 Å². The molecule has 0 radical (unpaired) electrons. The van der Waals surface area contributed by atoms with Crippen LogP contribution in [0.4, 0.5) is 0 Å². The number of carbonyl (C=O) groups excluding carboxylic acids is 1. The number of likely N-dealkylation sites (tertiary alicyclic amines) is 1. The minimum Gasteiger partial charge on any atom is -0.496 e. The summed E-state index contributed by atoms with van der Waals surface area (Å²) in [6.45, 7) is 3.79. The maximum Gasteiger partial charge on any atom is 0.253 e. The molecule has 1 aliphatic heterocycles. The Kier molecular flexibility index (Phi) is 4.70. The van der Waals surface area contributed by atoms with Crippen molar-refractivity contribution in [2.24, 2.45) is 0 Å². The Bertz CT molecular complexity index is 497. The van der Waals surface area contributed by atoms with Crippen molar-refractivity contribution in [1.29, 1.82) is 0 Å². The first-order valence-electron chi connectivity index (χ1n) is 6.81. The van der Waals surface area contributed by atoms with Crippen LogP contribution >= 0.6 is 15.9 Å². The van der Waals surface area contributed by atoms with Gasteiger partial charge in [-0.05, 0) is 60.9 Å². The second kappa shape index (κ2) is 6.14. The van der Waals surface area contributed by atoms with Crippen molar-refractivity contribution in [3.05, 3.63) is 28.2 Å². The van der Waals surface area contributed by atoms with E-state index in [0.717, 1.165) is 36.2 Å². The van der Waals surface area contributed by atoms with E-state index in [0.29, 0.717) is 5.56 Å². The SMILES string of the molecule is CNC1(C)CCN(C(=O)c2ccc(OC)c(Br)c2)CC1. The van der Waals surface area contributed by atoms with Gasteiger partial charge >= 0.3 is 0 Å². The van der Waals surface area contributed by atoms with Crippen LogP contribution in [0.25, 0.3) is 0 Å². The molecule has 1 fully saturated rings. The van der Waals surface area contributed by atoms with Gasteiger partial charge in [-0.15, -0.1) is 0 Å². The average Bonchev–Trinajstić information content (AvgIpc) is 2.47. The van der Waals surface area contributed by atoms with E-state index >= 15 is 0 Å². The molecule has 5 heteroatoms. The highest BCUT2D eigenvalue weighted by Crippen LogP contribution is 2.27. The van der Waals surface area contributed by atoms with E-state index in [1.165, 1.54) is 0 Å². The number of methoxy groups -OCH3 is 1. The molecule has 0 bridgehead atoms. The molecule has 20 heavy (non-hydrogen) atoms. The van der Waals surface area contributed by atoms with Gasteiger partial charge in [0.2, 0.25) is 0 Å². The van der Waals surface area contributed by atoms with E-state index in [1.54, 1.807) is 7.11 Å². The molecule has 0 spiro atoms. The standard InChI is InChI=1S/C15H21BrN2O2/c1-15(17-2)6-8-18(9-7-15)14(19)11-4-5-13(20-3)12(16)10-11/h4-5,10,17H,6-9H2,1-3H3. The van der Waals surface area contributed by atoms with Crippen LogP contribution in [0.5, 0.6) is 5.75 Å². The van der Waals surface area contributed by atoms with E-state index in [9.17, 15) is 4.79 Å². The molecule has 4 nitrogen and oxygen atoms in total. The summed E-state index contributed by atoms with van der Waals surface area (Å²) in [5, 5.41) is 3.34. The summed E-state index contributed by atoms with van der Waals surface area (Å²) in [5.74, 6) is 0.828. The molecule has 1 amide bonds. The number of halogens is 1. The topological polar surface area (TPSA) is 41.6 Å². The zero-order valence-electron chi connectivity index (χ0n) is 12.2. The van der Waals surface area contributed by atoms with Crippen LogP contribution in [0.15, 0.2) is 22.7 Å². The Morgan fingerprint density at radius 2 is 2.05 bits per heavy atom. The van der Waals surface area contributed by atoms with Crippen molar-refractivity contribution >= 4 is 21.8 Å². The lowest BCUT2D eigenvalue weighted by Gasteiger charge is -2.39. The predicted molar refractivity (Wildman–Crippen MR) is 83.3 cm³/mol. The van der Waals surface area contributed by atoms with E-state index in [2.05, 4.69) is 28.2 Å². The Morgan fingerprint density at radius 3 is 2.55 bits per heavy atom. The smallest absolute Gasteiger partial charge is 0.253 e. The molecule has 1 aromatic rings. The minimum atomic E-state index is 0.0894.